The van der Waals surface area contributed by atoms with Crippen LogP contribution in [0.3, 0.4) is 0 Å². The molecule has 2 rings (SSSR count). The molecule has 3 nitrogen and oxygen atoms in total. The summed E-state index contributed by atoms with van der Waals surface area (Å²) in [5, 5.41) is 12.2. The molecule has 3 heteroatoms. The van der Waals surface area contributed by atoms with E-state index in [1.807, 2.05) is 25.1 Å². The van der Waals surface area contributed by atoms with Crippen LogP contribution in [0.2, 0.25) is 0 Å². The van der Waals surface area contributed by atoms with Gasteiger partial charge in [0.25, 0.3) is 0 Å². The van der Waals surface area contributed by atoms with Gasteiger partial charge in [-0.05, 0) is 23.6 Å². The third-order valence-electron chi connectivity index (χ3n) is 2.77. The average Bonchev–Trinajstić information content (AvgIpc) is 2.17. The van der Waals surface area contributed by atoms with E-state index in [4.69, 9.17) is 5.11 Å². The molecule has 1 aromatic rings. The molecule has 0 radical (unpaired) electrons. The summed E-state index contributed by atoms with van der Waals surface area (Å²) in [5.41, 5.74) is 3.28. The molecule has 1 aromatic carbocycles. The van der Waals surface area contributed by atoms with Gasteiger partial charge < -0.3 is 10.4 Å². The minimum absolute atomic E-state index is 0.390. The number of fused-ring (bicyclic) bond motifs is 1. The van der Waals surface area contributed by atoms with Crippen molar-refractivity contribution in [3.8, 4) is 0 Å². The number of carboxylic acids is 1. The van der Waals surface area contributed by atoms with Gasteiger partial charge in [0.1, 0.15) is 0 Å². The Bertz CT molecular complexity index is 374. The van der Waals surface area contributed by atoms with Gasteiger partial charge in [0.05, 0.1) is 5.92 Å². The van der Waals surface area contributed by atoms with Crippen molar-refractivity contribution in [3.05, 3.63) is 34.9 Å². The maximum atomic E-state index is 11.0. The fourth-order valence-electron chi connectivity index (χ4n) is 1.96. The highest BCUT2D eigenvalue weighted by Gasteiger charge is 2.26. The number of hydrogen-bond donors (Lipinski definition) is 2. The van der Waals surface area contributed by atoms with Crippen LogP contribution in [0.5, 0.6) is 0 Å². The van der Waals surface area contributed by atoms with E-state index in [1.165, 1.54) is 5.56 Å². The molecule has 0 saturated heterocycles. The number of rotatable bonds is 1. The number of aryl methyl sites for hydroxylation is 1. The standard InChI is InChI=1S/C11H13NO2/c1-7-3-2-4-8-9(7)5-12-6-10(8)11(13)14/h2-4,10,12H,5-6H2,1H3,(H,13,14). The molecule has 1 unspecified atom stereocenters. The fraction of sp³-hybridized carbons (Fsp3) is 0.364. The predicted octanol–water partition coefficient (Wildman–Crippen LogP) is 1.27. The van der Waals surface area contributed by atoms with Gasteiger partial charge in [-0.2, -0.15) is 0 Å². The molecule has 74 valence electrons. The highest BCUT2D eigenvalue weighted by atomic mass is 16.4. The lowest BCUT2D eigenvalue weighted by atomic mass is 9.88. The highest BCUT2D eigenvalue weighted by Crippen LogP contribution is 2.26. The molecule has 1 aliphatic rings. The van der Waals surface area contributed by atoms with Gasteiger partial charge in [-0.15, -0.1) is 0 Å². The third-order valence-corrected chi connectivity index (χ3v) is 2.77. The van der Waals surface area contributed by atoms with Crippen molar-refractivity contribution in [1.82, 2.24) is 5.32 Å². The zero-order valence-electron chi connectivity index (χ0n) is 8.08. The summed E-state index contributed by atoms with van der Waals surface area (Å²) in [6.07, 6.45) is 0. The van der Waals surface area contributed by atoms with Crippen LogP contribution in [0.15, 0.2) is 18.2 Å². The molecule has 0 aromatic heterocycles. The first kappa shape index (κ1) is 9.21. The molecule has 14 heavy (non-hydrogen) atoms. The van der Waals surface area contributed by atoms with Gasteiger partial charge in [0.15, 0.2) is 0 Å². The topological polar surface area (TPSA) is 49.3 Å². The summed E-state index contributed by atoms with van der Waals surface area (Å²) in [4.78, 5) is 11.0. The quantitative estimate of drug-likeness (QED) is 0.702. The van der Waals surface area contributed by atoms with Crippen LogP contribution in [0.1, 0.15) is 22.6 Å². The Balaban J connectivity index is 2.49. The number of hydrogen-bond acceptors (Lipinski definition) is 2. The Labute approximate surface area is 82.8 Å². The van der Waals surface area contributed by atoms with Gasteiger partial charge in [-0.25, -0.2) is 0 Å². The zero-order chi connectivity index (χ0) is 10.1. The average molecular weight is 191 g/mol. The van der Waals surface area contributed by atoms with Crippen LogP contribution in [0, 0.1) is 6.92 Å². The van der Waals surface area contributed by atoms with E-state index >= 15 is 0 Å². The van der Waals surface area contributed by atoms with E-state index in [9.17, 15) is 4.79 Å². The SMILES string of the molecule is Cc1cccc2c1CNCC2C(=O)O. The van der Waals surface area contributed by atoms with Gasteiger partial charge in [0, 0.05) is 13.1 Å². The maximum Gasteiger partial charge on any atom is 0.312 e. The maximum absolute atomic E-state index is 11.0. The second-order valence-corrected chi connectivity index (χ2v) is 3.66. The van der Waals surface area contributed by atoms with Crippen molar-refractivity contribution in [1.29, 1.82) is 0 Å². The van der Waals surface area contributed by atoms with E-state index in [0.29, 0.717) is 6.54 Å². The molecule has 1 heterocycles. The second kappa shape index (κ2) is 3.42. The van der Waals surface area contributed by atoms with Crippen molar-refractivity contribution in [2.45, 2.75) is 19.4 Å². The number of carbonyl (C=O) groups is 1. The molecule has 0 aliphatic carbocycles. The van der Waals surface area contributed by atoms with Gasteiger partial charge >= 0.3 is 5.97 Å². The van der Waals surface area contributed by atoms with E-state index in [0.717, 1.165) is 17.7 Å². The third kappa shape index (κ3) is 1.40. The molecule has 1 atom stereocenters. The fourth-order valence-corrected chi connectivity index (χ4v) is 1.96. The van der Waals surface area contributed by atoms with Crippen molar-refractivity contribution in [2.24, 2.45) is 0 Å². The minimum Gasteiger partial charge on any atom is -0.481 e. The molecule has 0 saturated carbocycles. The first-order valence-electron chi connectivity index (χ1n) is 4.72. The van der Waals surface area contributed by atoms with Crippen LogP contribution in [0.4, 0.5) is 0 Å². The van der Waals surface area contributed by atoms with E-state index < -0.39 is 11.9 Å². The lowest BCUT2D eigenvalue weighted by Crippen LogP contribution is -2.33. The molecule has 1 aliphatic heterocycles. The summed E-state index contributed by atoms with van der Waals surface area (Å²) in [7, 11) is 0. The smallest absolute Gasteiger partial charge is 0.312 e. The summed E-state index contributed by atoms with van der Waals surface area (Å²) in [6, 6.07) is 5.86. The van der Waals surface area contributed by atoms with Crippen molar-refractivity contribution < 1.29 is 9.90 Å². The van der Waals surface area contributed by atoms with E-state index in [-0.39, 0.29) is 0 Å². The Kier molecular flexibility index (Phi) is 2.25. The van der Waals surface area contributed by atoms with Gasteiger partial charge in [-0.1, -0.05) is 18.2 Å². The van der Waals surface area contributed by atoms with Crippen LogP contribution in [-0.2, 0) is 11.3 Å². The molecule has 0 fully saturated rings. The largest absolute Gasteiger partial charge is 0.481 e. The zero-order valence-corrected chi connectivity index (χ0v) is 8.08. The molecule has 0 amide bonds. The lowest BCUT2D eigenvalue weighted by Gasteiger charge is -2.24. The highest BCUT2D eigenvalue weighted by molar-refractivity contribution is 5.77. The lowest BCUT2D eigenvalue weighted by molar-refractivity contribution is -0.138. The number of carboxylic acid groups (broad SMARTS) is 1. The number of aliphatic carboxylic acids is 1. The summed E-state index contributed by atoms with van der Waals surface area (Å²) in [5.74, 6) is -1.14. The number of nitrogens with one attached hydrogen (secondary N) is 1. The molecular formula is C11H13NO2. The van der Waals surface area contributed by atoms with Crippen LogP contribution >= 0.6 is 0 Å². The normalized spacial score (nSPS) is 20.2. The summed E-state index contributed by atoms with van der Waals surface area (Å²) < 4.78 is 0. The molecule has 0 bridgehead atoms. The molecular weight excluding hydrogens is 178 g/mol. The molecule has 0 spiro atoms. The van der Waals surface area contributed by atoms with Crippen LogP contribution in [0.25, 0.3) is 0 Å². The summed E-state index contributed by atoms with van der Waals surface area (Å²) >= 11 is 0. The summed E-state index contributed by atoms with van der Waals surface area (Å²) in [6.45, 7) is 3.34. The van der Waals surface area contributed by atoms with Gasteiger partial charge in [-0.3, -0.25) is 4.79 Å². The predicted molar refractivity (Wildman–Crippen MR) is 53.3 cm³/mol. The Morgan fingerprint density at radius 2 is 2.36 bits per heavy atom. The van der Waals surface area contributed by atoms with Crippen molar-refractivity contribution in [3.63, 3.8) is 0 Å². The van der Waals surface area contributed by atoms with E-state index in [1.54, 1.807) is 0 Å². The van der Waals surface area contributed by atoms with Crippen molar-refractivity contribution in [2.75, 3.05) is 6.54 Å². The molecule has 2 N–H and O–H groups in total. The van der Waals surface area contributed by atoms with Crippen molar-refractivity contribution >= 4 is 5.97 Å². The Hall–Kier alpha value is -1.35. The first-order valence-corrected chi connectivity index (χ1v) is 4.72. The number of benzene rings is 1. The second-order valence-electron chi connectivity index (χ2n) is 3.66. The van der Waals surface area contributed by atoms with Crippen LogP contribution in [-0.4, -0.2) is 17.6 Å². The monoisotopic (exact) mass is 191 g/mol. The minimum atomic E-state index is -0.746. The Morgan fingerprint density at radius 3 is 3.07 bits per heavy atom. The Morgan fingerprint density at radius 1 is 1.57 bits per heavy atom. The van der Waals surface area contributed by atoms with Crippen LogP contribution < -0.4 is 5.32 Å². The van der Waals surface area contributed by atoms with Gasteiger partial charge in [0.2, 0.25) is 0 Å². The van der Waals surface area contributed by atoms with E-state index in [2.05, 4.69) is 5.32 Å². The first-order chi connectivity index (χ1) is 6.70.